The third-order valence-corrected chi connectivity index (χ3v) is 2.29. The van der Waals surface area contributed by atoms with Crippen LogP contribution in [0.25, 0.3) is 0 Å². The molecule has 6 nitrogen and oxygen atoms in total. The van der Waals surface area contributed by atoms with Crippen molar-refractivity contribution < 1.29 is 4.79 Å². The molecule has 0 saturated carbocycles. The maximum absolute atomic E-state index is 11.4. The number of carbonyl (C=O) groups excluding carboxylic acids is 1. The van der Waals surface area contributed by atoms with Crippen molar-refractivity contribution in [3.05, 3.63) is 47.6 Å². The fraction of sp³-hybridized carbons (Fsp3) is 0. The summed E-state index contributed by atoms with van der Waals surface area (Å²) in [6, 6.07) is 11.4. The number of amides is 2. The van der Waals surface area contributed by atoms with Crippen LogP contribution in [0.1, 0.15) is 0 Å². The summed E-state index contributed by atoms with van der Waals surface area (Å²) in [4.78, 5) is 11.4. The van der Waals surface area contributed by atoms with Crippen molar-refractivity contribution in [2.24, 2.45) is 5.73 Å². The number of nitrogens with zero attached hydrogens (tertiary/aromatic N) is 3. The van der Waals surface area contributed by atoms with Gasteiger partial charge < -0.3 is 5.73 Å². The molecule has 1 aromatic carbocycles. The second-order valence-electron chi connectivity index (χ2n) is 3.36. The minimum absolute atomic E-state index is 0.269. The first-order valence-electron chi connectivity index (χ1n) is 5.07. The van der Waals surface area contributed by atoms with Gasteiger partial charge in [0.05, 0.1) is 5.69 Å². The molecule has 1 aromatic heterocycles. The monoisotopic (exact) mass is 263 g/mol. The lowest BCUT2D eigenvalue weighted by atomic mass is 10.3. The van der Waals surface area contributed by atoms with Crippen molar-refractivity contribution in [1.29, 1.82) is 0 Å². The molecule has 0 atom stereocenters. The molecule has 2 amide bonds. The van der Waals surface area contributed by atoms with Gasteiger partial charge in [-0.1, -0.05) is 29.8 Å². The average molecular weight is 264 g/mol. The van der Waals surface area contributed by atoms with Crippen LogP contribution in [0.3, 0.4) is 0 Å². The van der Waals surface area contributed by atoms with Crippen LogP contribution in [-0.4, -0.2) is 16.2 Å². The highest BCUT2D eigenvalue weighted by Gasteiger charge is 2.12. The van der Waals surface area contributed by atoms with Crippen LogP contribution in [0.2, 0.25) is 5.15 Å². The summed E-state index contributed by atoms with van der Waals surface area (Å²) in [6.07, 6.45) is 0. The van der Waals surface area contributed by atoms with Gasteiger partial charge in [-0.2, -0.15) is 0 Å². The molecule has 0 aliphatic rings. The first-order valence-corrected chi connectivity index (χ1v) is 5.45. The number of nitrogens with two attached hydrogens (primary N) is 1. The summed E-state index contributed by atoms with van der Waals surface area (Å²) >= 11 is 5.62. The number of halogens is 1. The van der Waals surface area contributed by atoms with Crippen LogP contribution in [-0.2, 0) is 0 Å². The zero-order valence-corrected chi connectivity index (χ0v) is 10.0. The first kappa shape index (κ1) is 12.1. The number of primary amides is 1. The number of hydrazine groups is 1. The van der Waals surface area contributed by atoms with E-state index >= 15 is 0 Å². The second kappa shape index (κ2) is 5.33. The maximum atomic E-state index is 11.4. The summed E-state index contributed by atoms with van der Waals surface area (Å²) in [5.74, 6) is 0.363. The number of hydrogen-bond acceptors (Lipinski definition) is 4. The van der Waals surface area contributed by atoms with Gasteiger partial charge in [0.2, 0.25) is 0 Å². The lowest BCUT2D eigenvalue weighted by Crippen LogP contribution is -2.40. The number of anilines is 2. The topological polar surface area (TPSA) is 84.1 Å². The fourth-order valence-electron chi connectivity index (χ4n) is 1.31. The Balaban J connectivity index is 2.22. The number of urea groups is 1. The van der Waals surface area contributed by atoms with Gasteiger partial charge in [0.1, 0.15) is 0 Å². The molecule has 2 aromatic rings. The van der Waals surface area contributed by atoms with E-state index in [0.717, 1.165) is 5.01 Å². The molecule has 0 bridgehead atoms. The predicted octanol–water partition coefficient (Wildman–Crippen LogP) is 2.04. The van der Waals surface area contributed by atoms with E-state index in [9.17, 15) is 4.79 Å². The molecule has 0 fully saturated rings. The third kappa shape index (κ3) is 2.86. The Morgan fingerprint density at radius 1 is 1.17 bits per heavy atom. The number of hydrogen-bond donors (Lipinski definition) is 2. The molecular formula is C11H10ClN5O. The Morgan fingerprint density at radius 2 is 1.89 bits per heavy atom. The fourth-order valence-corrected chi connectivity index (χ4v) is 1.41. The van der Waals surface area contributed by atoms with Crippen LogP contribution < -0.4 is 16.2 Å². The van der Waals surface area contributed by atoms with E-state index in [1.807, 2.05) is 6.07 Å². The van der Waals surface area contributed by atoms with Crippen LogP contribution in [0.15, 0.2) is 42.5 Å². The smallest absolute Gasteiger partial charge is 0.338 e. The largest absolute Gasteiger partial charge is 0.350 e. The standard InChI is InChI=1S/C11H10ClN5O/c12-9-6-7-10(15-14-9)16-17(11(13)18)8-4-2-1-3-5-8/h1-7H,(H2,13,18)(H,15,16). The predicted molar refractivity (Wildman–Crippen MR) is 69.2 cm³/mol. The van der Waals surface area contributed by atoms with E-state index in [0.29, 0.717) is 11.5 Å². The second-order valence-corrected chi connectivity index (χ2v) is 3.75. The Bertz CT molecular complexity index is 531. The van der Waals surface area contributed by atoms with Crippen molar-refractivity contribution in [1.82, 2.24) is 10.2 Å². The van der Waals surface area contributed by atoms with E-state index in [2.05, 4.69) is 15.6 Å². The number of rotatable bonds is 3. The summed E-state index contributed by atoms with van der Waals surface area (Å²) in [5, 5.41) is 8.88. The lowest BCUT2D eigenvalue weighted by molar-refractivity contribution is 0.255. The van der Waals surface area contributed by atoms with Gasteiger partial charge in [0, 0.05) is 0 Å². The van der Waals surface area contributed by atoms with Crippen molar-refractivity contribution in [2.45, 2.75) is 0 Å². The van der Waals surface area contributed by atoms with Gasteiger partial charge in [0.25, 0.3) is 0 Å². The van der Waals surface area contributed by atoms with Gasteiger partial charge in [-0.3, -0.25) is 5.43 Å². The summed E-state index contributed by atoms with van der Waals surface area (Å²) < 4.78 is 0. The summed E-state index contributed by atoms with van der Waals surface area (Å²) in [5.41, 5.74) is 8.64. The van der Waals surface area contributed by atoms with Gasteiger partial charge >= 0.3 is 6.03 Å². The van der Waals surface area contributed by atoms with E-state index in [1.165, 1.54) is 0 Å². The van der Waals surface area contributed by atoms with E-state index in [4.69, 9.17) is 17.3 Å². The molecule has 0 radical (unpaired) electrons. The molecule has 7 heteroatoms. The van der Waals surface area contributed by atoms with Gasteiger partial charge in [0.15, 0.2) is 11.0 Å². The lowest BCUT2D eigenvalue weighted by Gasteiger charge is -2.21. The Labute approximate surface area is 108 Å². The first-order chi connectivity index (χ1) is 8.66. The van der Waals surface area contributed by atoms with Crippen molar-refractivity contribution in [3.63, 3.8) is 0 Å². The minimum atomic E-state index is -0.655. The number of para-hydroxylation sites is 1. The highest BCUT2D eigenvalue weighted by Crippen LogP contribution is 2.14. The van der Waals surface area contributed by atoms with Gasteiger partial charge in [-0.15, -0.1) is 10.2 Å². The quantitative estimate of drug-likeness (QED) is 0.830. The van der Waals surface area contributed by atoms with E-state index in [-0.39, 0.29) is 5.15 Å². The van der Waals surface area contributed by atoms with Crippen LogP contribution >= 0.6 is 11.6 Å². The van der Waals surface area contributed by atoms with Crippen LogP contribution in [0.5, 0.6) is 0 Å². The van der Waals surface area contributed by atoms with E-state index < -0.39 is 6.03 Å². The van der Waals surface area contributed by atoms with Crippen molar-refractivity contribution in [2.75, 3.05) is 10.4 Å². The zero-order chi connectivity index (χ0) is 13.0. The van der Waals surface area contributed by atoms with Crippen LogP contribution in [0.4, 0.5) is 16.3 Å². The zero-order valence-electron chi connectivity index (χ0n) is 9.25. The van der Waals surface area contributed by atoms with E-state index in [1.54, 1.807) is 36.4 Å². The molecule has 0 unspecified atom stereocenters. The number of aromatic nitrogens is 2. The maximum Gasteiger partial charge on any atom is 0.338 e. The highest BCUT2D eigenvalue weighted by atomic mass is 35.5. The SMILES string of the molecule is NC(=O)N(Nc1ccc(Cl)nn1)c1ccccc1. The molecule has 0 aliphatic heterocycles. The van der Waals surface area contributed by atoms with Crippen molar-refractivity contribution in [3.8, 4) is 0 Å². The molecular weight excluding hydrogens is 254 g/mol. The van der Waals surface area contributed by atoms with Crippen molar-refractivity contribution >= 4 is 29.1 Å². The molecule has 3 N–H and O–H groups in total. The molecule has 0 aliphatic carbocycles. The Kier molecular flexibility index (Phi) is 3.59. The normalized spacial score (nSPS) is 9.83. The summed E-state index contributed by atoms with van der Waals surface area (Å²) in [6.45, 7) is 0. The number of benzene rings is 1. The molecule has 18 heavy (non-hydrogen) atoms. The minimum Gasteiger partial charge on any atom is -0.350 e. The molecule has 92 valence electrons. The highest BCUT2D eigenvalue weighted by molar-refractivity contribution is 6.29. The van der Waals surface area contributed by atoms with Gasteiger partial charge in [-0.05, 0) is 24.3 Å². The van der Waals surface area contributed by atoms with Crippen LogP contribution in [0, 0.1) is 0 Å². The summed E-state index contributed by atoms with van der Waals surface area (Å²) in [7, 11) is 0. The molecule has 1 heterocycles. The number of nitrogens with one attached hydrogen (secondary N) is 1. The van der Waals surface area contributed by atoms with Gasteiger partial charge in [-0.25, -0.2) is 9.80 Å². The molecule has 2 rings (SSSR count). The Hall–Kier alpha value is -2.34. The third-order valence-electron chi connectivity index (χ3n) is 2.09. The Morgan fingerprint density at radius 3 is 2.44 bits per heavy atom. The number of carbonyl (C=O) groups is 1. The molecule has 0 saturated heterocycles. The molecule has 0 spiro atoms. The average Bonchev–Trinajstić information content (AvgIpc) is 2.38.